The van der Waals surface area contributed by atoms with Gasteiger partial charge >= 0.3 is 0 Å². The molecule has 3 N–H and O–H groups in total. The highest BCUT2D eigenvalue weighted by Crippen LogP contribution is 2.22. The summed E-state index contributed by atoms with van der Waals surface area (Å²) in [5.74, 6) is 0.0885. The quantitative estimate of drug-likeness (QED) is 0.873. The molecule has 0 heterocycles. The minimum atomic E-state index is -0.168. The molecule has 1 amide bonds. The van der Waals surface area contributed by atoms with Crippen LogP contribution in [0.1, 0.15) is 17.3 Å². The second-order valence-corrected chi connectivity index (χ2v) is 4.49. The Kier molecular flexibility index (Phi) is 5.06. The van der Waals surface area contributed by atoms with Crippen molar-refractivity contribution in [2.75, 3.05) is 13.1 Å². The second kappa shape index (κ2) is 6.09. The topological polar surface area (TPSA) is 55.1 Å². The van der Waals surface area contributed by atoms with Crippen molar-refractivity contribution in [3.8, 4) is 0 Å². The SMILES string of the molecule is CC(CN)CNC(=O)c1ccc(Cl)c(Cl)c1. The predicted octanol–water partition coefficient (Wildman–Crippen LogP) is 2.32. The van der Waals surface area contributed by atoms with E-state index in [1.54, 1.807) is 18.2 Å². The summed E-state index contributed by atoms with van der Waals surface area (Å²) in [6, 6.07) is 4.79. The molecule has 1 aromatic rings. The molecule has 3 nitrogen and oxygen atoms in total. The van der Waals surface area contributed by atoms with Gasteiger partial charge in [0.05, 0.1) is 10.0 Å². The fourth-order valence-electron chi connectivity index (χ4n) is 1.09. The maximum Gasteiger partial charge on any atom is 0.251 e. The van der Waals surface area contributed by atoms with E-state index in [0.29, 0.717) is 28.7 Å². The van der Waals surface area contributed by atoms with Crippen molar-refractivity contribution in [2.24, 2.45) is 11.7 Å². The third-order valence-corrected chi connectivity index (χ3v) is 2.93. The fraction of sp³-hybridized carbons (Fsp3) is 0.364. The number of hydrogen-bond acceptors (Lipinski definition) is 2. The van der Waals surface area contributed by atoms with Crippen molar-refractivity contribution < 1.29 is 4.79 Å². The van der Waals surface area contributed by atoms with E-state index in [0.717, 1.165) is 0 Å². The van der Waals surface area contributed by atoms with Gasteiger partial charge in [-0.3, -0.25) is 4.79 Å². The van der Waals surface area contributed by atoms with Crippen LogP contribution in [0.25, 0.3) is 0 Å². The van der Waals surface area contributed by atoms with Gasteiger partial charge in [0.25, 0.3) is 5.91 Å². The van der Waals surface area contributed by atoms with Gasteiger partial charge in [0.15, 0.2) is 0 Å². The summed E-state index contributed by atoms with van der Waals surface area (Å²) in [7, 11) is 0. The largest absolute Gasteiger partial charge is 0.352 e. The predicted molar refractivity (Wildman–Crippen MR) is 67.0 cm³/mol. The zero-order valence-electron chi connectivity index (χ0n) is 8.97. The zero-order chi connectivity index (χ0) is 12.1. The molecule has 1 unspecified atom stereocenters. The van der Waals surface area contributed by atoms with E-state index in [9.17, 15) is 4.79 Å². The van der Waals surface area contributed by atoms with Crippen LogP contribution in [-0.4, -0.2) is 19.0 Å². The molecule has 0 aliphatic carbocycles. The summed E-state index contributed by atoms with van der Waals surface area (Å²) in [4.78, 5) is 11.7. The minimum absolute atomic E-state index is 0.168. The van der Waals surface area contributed by atoms with Gasteiger partial charge in [-0.25, -0.2) is 0 Å². The highest BCUT2D eigenvalue weighted by atomic mass is 35.5. The molecule has 0 fully saturated rings. The molecule has 0 aliphatic rings. The van der Waals surface area contributed by atoms with Gasteiger partial charge in [-0.1, -0.05) is 30.1 Å². The maximum absolute atomic E-state index is 11.7. The molecule has 16 heavy (non-hydrogen) atoms. The molecule has 1 atom stereocenters. The highest BCUT2D eigenvalue weighted by Gasteiger charge is 2.08. The van der Waals surface area contributed by atoms with Crippen LogP contribution in [-0.2, 0) is 0 Å². The summed E-state index contributed by atoms with van der Waals surface area (Å²) >= 11 is 11.6. The third kappa shape index (κ3) is 3.67. The number of nitrogens with one attached hydrogen (secondary N) is 1. The van der Waals surface area contributed by atoms with Crippen molar-refractivity contribution in [3.05, 3.63) is 33.8 Å². The number of rotatable bonds is 4. The van der Waals surface area contributed by atoms with E-state index < -0.39 is 0 Å². The van der Waals surface area contributed by atoms with E-state index in [2.05, 4.69) is 5.32 Å². The number of nitrogens with two attached hydrogens (primary N) is 1. The first-order valence-corrected chi connectivity index (χ1v) is 5.73. The monoisotopic (exact) mass is 260 g/mol. The van der Waals surface area contributed by atoms with E-state index in [4.69, 9.17) is 28.9 Å². The van der Waals surface area contributed by atoms with Crippen LogP contribution in [0.3, 0.4) is 0 Å². The summed E-state index contributed by atoms with van der Waals surface area (Å²) in [6.45, 7) is 3.06. The lowest BCUT2D eigenvalue weighted by molar-refractivity contribution is 0.0948. The van der Waals surface area contributed by atoms with Crippen LogP contribution in [0.5, 0.6) is 0 Å². The Hall–Kier alpha value is -0.770. The standard InChI is InChI=1S/C11H14Cl2N2O/c1-7(5-14)6-15-11(16)8-2-3-9(12)10(13)4-8/h2-4,7H,5-6,14H2,1H3,(H,15,16). The number of carbonyl (C=O) groups is 1. The molecule has 1 aromatic carbocycles. The first-order valence-electron chi connectivity index (χ1n) is 4.98. The number of halogens is 2. The smallest absolute Gasteiger partial charge is 0.251 e. The number of benzene rings is 1. The molecule has 0 bridgehead atoms. The van der Waals surface area contributed by atoms with Gasteiger partial charge in [0.1, 0.15) is 0 Å². The maximum atomic E-state index is 11.7. The first kappa shape index (κ1) is 13.3. The second-order valence-electron chi connectivity index (χ2n) is 3.68. The summed E-state index contributed by atoms with van der Waals surface area (Å²) in [5, 5.41) is 3.59. The molecule has 0 saturated heterocycles. The molecule has 0 radical (unpaired) electrons. The van der Waals surface area contributed by atoms with Gasteiger partial charge in [0.2, 0.25) is 0 Å². The van der Waals surface area contributed by atoms with Crippen LogP contribution in [0.2, 0.25) is 10.0 Å². The Morgan fingerprint density at radius 2 is 2.12 bits per heavy atom. The molecule has 88 valence electrons. The van der Waals surface area contributed by atoms with Gasteiger partial charge in [-0.05, 0) is 30.7 Å². The van der Waals surface area contributed by atoms with Gasteiger partial charge in [0, 0.05) is 12.1 Å². The third-order valence-electron chi connectivity index (χ3n) is 2.20. The Balaban J connectivity index is 2.63. The summed E-state index contributed by atoms with van der Waals surface area (Å²) < 4.78 is 0. The molecular weight excluding hydrogens is 247 g/mol. The normalized spacial score (nSPS) is 12.2. The van der Waals surface area contributed by atoms with Crippen LogP contribution >= 0.6 is 23.2 Å². The summed E-state index contributed by atoms with van der Waals surface area (Å²) in [6.07, 6.45) is 0. The average Bonchev–Trinajstić information content (AvgIpc) is 2.29. The molecule has 0 saturated carbocycles. The molecular formula is C11H14Cl2N2O. The Bertz CT molecular complexity index is 382. The van der Waals surface area contributed by atoms with Crippen LogP contribution in [0.4, 0.5) is 0 Å². The lowest BCUT2D eigenvalue weighted by Gasteiger charge is -2.10. The van der Waals surface area contributed by atoms with Gasteiger partial charge in [-0.2, -0.15) is 0 Å². The van der Waals surface area contributed by atoms with Crippen molar-refractivity contribution in [2.45, 2.75) is 6.92 Å². The highest BCUT2D eigenvalue weighted by molar-refractivity contribution is 6.42. The van der Waals surface area contributed by atoms with Crippen molar-refractivity contribution in [3.63, 3.8) is 0 Å². The molecule has 5 heteroatoms. The van der Waals surface area contributed by atoms with Crippen LogP contribution in [0.15, 0.2) is 18.2 Å². The lowest BCUT2D eigenvalue weighted by atomic mass is 10.1. The molecule has 1 rings (SSSR count). The molecule has 0 aliphatic heterocycles. The minimum Gasteiger partial charge on any atom is -0.352 e. The van der Waals surface area contributed by atoms with Crippen LogP contribution in [0, 0.1) is 5.92 Å². The van der Waals surface area contributed by atoms with Gasteiger partial charge < -0.3 is 11.1 Å². The Morgan fingerprint density at radius 3 is 2.69 bits per heavy atom. The Morgan fingerprint density at radius 1 is 1.44 bits per heavy atom. The fourth-order valence-corrected chi connectivity index (χ4v) is 1.39. The average molecular weight is 261 g/mol. The zero-order valence-corrected chi connectivity index (χ0v) is 10.5. The van der Waals surface area contributed by atoms with E-state index in [-0.39, 0.29) is 11.8 Å². The van der Waals surface area contributed by atoms with Crippen molar-refractivity contribution >= 4 is 29.1 Å². The molecule has 0 spiro atoms. The lowest BCUT2D eigenvalue weighted by Crippen LogP contribution is -2.31. The van der Waals surface area contributed by atoms with E-state index >= 15 is 0 Å². The number of amides is 1. The van der Waals surface area contributed by atoms with Crippen LogP contribution < -0.4 is 11.1 Å². The van der Waals surface area contributed by atoms with E-state index in [1.165, 1.54) is 0 Å². The number of carbonyl (C=O) groups excluding carboxylic acids is 1. The molecule has 0 aromatic heterocycles. The van der Waals surface area contributed by atoms with E-state index in [1.807, 2.05) is 6.92 Å². The summed E-state index contributed by atoms with van der Waals surface area (Å²) in [5.41, 5.74) is 5.95. The van der Waals surface area contributed by atoms with Crippen molar-refractivity contribution in [1.82, 2.24) is 5.32 Å². The van der Waals surface area contributed by atoms with Crippen molar-refractivity contribution in [1.29, 1.82) is 0 Å². The Labute approximate surface area is 105 Å². The van der Waals surface area contributed by atoms with Gasteiger partial charge in [-0.15, -0.1) is 0 Å². The first-order chi connectivity index (χ1) is 7.54. The number of hydrogen-bond donors (Lipinski definition) is 2.